The number of halogens is 3. The molecule has 1 heterocycles. The molecule has 2 nitrogen and oxygen atoms in total. The molecule has 134 valence electrons. The lowest BCUT2D eigenvalue weighted by atomic mass is 10.1. The maximum Gasteiger partial charge on any atom is 0.416 e. The second-order valence-corrected chi connectivity index (χ2v) is 6.99. The highest BCUT2D eigenvalue weighted by atomic mass is 19.4. The number of hydrogen-bond donors (Lipinski definition) is 2. The van der Waals surface area contributed by atoms with E-state index in [4.69, 9.17) is 0 Å². The largest absolute Gasteiger partial charge is 0.416 e. The van der Waals surface area contributed by atoms with Gasteiger partial charge in [-0.15, -0.1) is 0 Å². The maximum atomic E-state index is 13.1. The van der Waals surface area contributed by atoms with Crippen LogP contribution in [0.2, 0.25) is 0 Å². The first-order valence-electron chi connectivity index (χ1n) is 8.79. The van der Waals surface area contributed by atoms with Crippen LogP contribution in [-0.2, 0) is 19.3 Å². The molecule has 2 aromatic carbocycles. The molecule has 0 saturated carbocycles. The zero-order chi connectivity index (χ0) is 17.9. The number of aryl methyl sites for hydroxylation is 1. The monoisotopic (exact) mass is 350 g/mol. The lowest BCUT2D eigenvalue weighted by Crippen LogP contribution is -3.27. The highest BCUT2D eigenvalue weighted by Gasteiger charge is 2.34. The predicted octanol–water partition coefficient (Wildman–Crippen LogP) is 1.50. The molecule has 1 saturated heterocycles. The van der Waals surface area contributed by atoms with Gasteiger partial charge in [0.15, 0.2) is 0 Å². The molecule has 0 aliphatic carbocycles. The van der Waals surface area contributed by atoms with Gasteiger partial charge in [-0.3, -0.25) is 0 Å². The van der Waals surface area contributed by atoms with Gasteiger partial charge in [-0.25, -0.2) is 0 Å². The summed E-state index contributed by atoms with van der Waals surface area (Å²) >= 11 is 0. The molecule has 25 heavy (non-hydrogen) atoms. The van der Waals surface area contributed by atoms with Gasteiger partial charge in [0, 0.05) is 11.1 Å². The van der Waals surface area contributed by atoms with E-state index in [1.165, 1.54) is 33.1 Å². The van der Waals surface area contributed by atoms with Gasteiger partial charge in [-0.1, -0.05) is 48.0 Å². The van der Waals surface area contributed by atoms with Gasteiger partial charge in [-0.05, 0) is 13.0 Å². The Bertz CT molecular complexity index is 687. The SMILES string of the molecule is Cc1ccc(C[NH+]2CC[NH+](Cc3ccccc3C(F)(F)F)CC2)cc1. The van der Waals surface area contributed by atoms with Gasteiger partial charge >= 0.3 is 6.18 Å². The van der Waals surface area contributed by atoms with Crippen LogP contribution < -0.4 is 9.80 Å². The third-order valence-electron chi connectivity index (χ3n) is 5.00. The first-order valence-corrected chi connectivity index (χ1v) is 8.79. The van der Waals surface area contributed by atoms with E-state index in [1.807, 2.05) is 0 Å². The van der Waals surface area contributed by atoms with Gasteiger partial charge in [0.2, 0.25) is 0 Å². The van der Waals surface area contributed by atoms with Crippen molar-refractivity contribution in [1.82, 2.24) is 0 Å². The van der Waals surface area contributed by atoms with Crippen LogP contribution in [0.1, 0.15) is 22.3 Å². The Labute approximate surface area is 146 Å². The van der Waals surface area contributed by atoms with Crippen molar-refractivity contribution in [3.8, 4) is 0 Å². The fraction of sp³-hybridized carbons (Fsp3) is 0.400. The molecule has 0 unspecified atom stereocenters. The summed E-state index contributed by atoms with van der Waals surface area (Å²) in [5.74, 6) is 0. The van der Waals surface area contributed by atoms with Crippen molar-refractivity contribution < 1.29 is 23.0 Å². The second-order valence-electron chi connectivity index (χ2n) is 6.99. The Morgan fingerprint density at radius 1 is 0.800 bits per heavy atom. The Kier molecular flexibility index (Phi) is 5.45. The summed E-state index contributed by atoms with van der Waals surface area (Å²) in [5, 5.41) is 0. The van der Waals surface area contributed by atoms with E-state index in [0.717, 1.165) is 32.7 Å². The van der Waals surface area contributed by atoms with Crippen molar-refractivity contribution in [3.63, 3.8) is 0 Å². The molecule has 0 bridgehead atoms. The molecule has 1 aliphatic heterocycles. The second kappa shape index (κ2) is 7.58. The highest BCUT2D eigenvalue weighted by Crippen LogP contribution is 2.31. The summed E-state index contributed by atoms with van der Waals surface area (Å²) in [5.41, 5.74) is 2.51. The molecule has 1 aliphatic rings. The Morgan fingerprint density at radius 2 is 1.36 bits per heavy atom. The standard InChI is InChI=1S/C20H23F3N2/c1-16-6-8-17(9-7-16)14-24-10-12-25(13-11-24)15-18-4-2-3-5-19(18)20(21,22)23/h2-9H,10-15H2,1H3/p+2. The number of alkyl halides is 3. The summed E-state index contributed by atoms with van der Waals surface area (Å²) in [6, 6.07) is 14.6. The molecule has 0 atom stereocenters. The number of rotatable bonds is 4. The van der Waals surface area contributed by atoms with Crippen LogP contribution >= 0.6 is 0 Å². The van der Waals surface area contributed by atoms with Crippen molar-refractivity contribution >= 4 is 0 Å². The van der Waals surface area contributed by atoms with E-state index in [-0.39, 0.29) is 0 Å². The zero-order valence-corrected chi connectivity index (χ0v) is 14.5. The van der Waals surface area contributed by atoms with Crippen molar-refractivity contribution in [2.45, 2.75) is 26.2 Å². The first kappa shape index (κ1) is 18.0. The molecule has 5 heteroatoms. The minimum Gasteiger partial charge on any atom is -0.322 e. The zero-order valence-electron chi connectivity index (χ0n) is 14.5. The molecule has 0 amide bonds. The van der Waals surface area contributed by atoms with E-state index in [9.17, 15) is 13.2 Å². The molecule has 0 spiro atoms. The molecule has 3 rings (SSSR count). The van der Waals surface area contributed by atoms with Gasteiger partial charge in [0.1, 0.15) is 39.3 Å². The highest BCUT2D eigenvalue weighted by molar-refractivity contribution is 5.28. The number of quaternary nitrogens is 2. The van der Waals surface area contributed by atoms with Crippen LogP contribution in [0, 0.1) is 6.92 Å². The average Bonchev–Trinajstić information content (AvgIpc) is 2.58. The van der Waals surface area contributed by atoms with E-state index in [1.54, 1.807) is 12.1 Å². The fourth-order valence-electron chi connectivity index (χ4n) is 3.53. The Hall–Kier alpha value is -1.85. The van der Waals surface area contributed by atoms with Gasteiger partial charge in [0.05, 0.1) is 5.56 Å². The molecule has 0 aromatic heterocycles. The minimum absolute atomic E-state index is 0.409. The van der Waals surface area contributed by atoms with E-state index in [2.05, 4.69) is 31.2 Å². The first-order chi connectivity index (χ1) is 11.9. The van der Waals surface area contributed by atoms with E-state index >= 15 is 0 Å². The quantitative estimate of drug-likeness (QED) is 0.827. The topological polar surface area (TPSA) is 8.88 Å². The summed E-state index contributed by atoms with van der Waals surface area (Å²) in [7, 11) is 0. The third-order valence-corrected chi connectivity index (χ3v) is 5.00. The van der Waals surface area contributed by atoms with Crippen molar-refractivity contribution in [3.05, 3.63) is 70.8 Å². The van der Waals surface area contributed by atoms with Crippen LogP contribution in [0.25, 0.3) is 0 Å². The number of nitrogens with one attached hydrogen (secondary N) is 2. The molecular formula is C20H25F3N2+2. The molecule has 1 fully saturated rings. The molecular weight excluding hydrogens is 325 g/mol. The lowest BCUT2D eigenvalue weighted by Gasteiger charge is -2.30. The predicted molar refractivity (Wildman–Crippen MR) is 91.4 cm³/mol. The van der Waals surface area contributed by atoms with E-state index < -0.39 is 11.7 Å². The lowest BCUT2D eigenvalue weighted by molar-refractivity contribution is -1.02. The molecule has 0 radical (unpaired) electrons. The van der Waals surface area contributed by atoms with Crippen LogP contribution in [-0.4, -0.2) is 26.2 Å². The number of piperazine rings is 1. The smallest absolute Gasteiger partial charge is 0.322 e. The summed E-state index contributed by atoms with van der Waals surface area (Å²) in [4.78, 5) is 2.75. The van der Waals surface area contributed by atoms with Gasteiger partial charge < -0.3 is 9.80 Å². The van der Waals surface area contributed by atoms with Crippen LogP contribution in [0.15, 0.2) is 48.5 Å². The average molecular weight is 350 g/mol. The third kappa shape index (κ3) is 4.83. The minimum atomic E-state index is -4.27. The summed E-state index contributed by atoms with van der Waals surface area (Å²) in [6.07, 6.45) is -4.27. The maximum absolute atomic E-state index is 13.1. The van der Waals surface area contributed by atoms with Crippen molar-refractivity contribution in [2.75, 3.05) is 26.2 Å². The van der Waals surface area contributed by atoms with Crippen LogP contribution in [0.3, 0.4) is 0 Å². The van der Waals surface area contributed by atoms with Gasteiger partial charge in [-0.2, -0.15) is 13.2 Å². The van der Waals surface area contributed by atoms with Crippen LogP contribution in [0.4, 0.5) is 13.2 Å². The van der Waals surface area contributed by atoms with Crippen molar-refractivity contribution in [1.29, 1.82) is 0 Å². The Balaban J connectivity index is 1.56. The number of hydrogen-bond acceptors (Lipinski definition) is 0. The van der Waals surface area contributed by atoms with E-state index in [0.29, 0.717) is 12.1 Å². The summed E-state index contributed by atoms with van der Waals surface area (Å²) < 4.78 is 39.4. The molecule has 2 aromatic rings. The normalized spacial score (nSPS) is 21.3. The summed E-state index contributed by atoms with van der Waals surface area (Å²) in [6.45, 7) is 7.34. The Morgan fingerprint density at radius 3 is 1.96 bits per heavy atom. The number of benzene rings is 2. The van der Waals surface area contributed by atoms with Gasteiger partial charge in [0.25, 0.3) is 0 Å². The van der Waals surface area contributed by atoms with Crippen LogP contribution in [0.5, 0.6) is 0 Å². The fourth-order valence-corrected chi connectivity index (χ4v) is 3.53. The molecule has 2 N–H and O–H groups in total. The van der Waals surface area contributed by atoms with Crippen molar-refractivity contribution in [2.24, 2.45) is 0 Å².